The van der Waals surface area contributed by atoms with Gasteiger partial charge >= 0.3 is 0 Å². The molecule has 0 heterocycles. The van der Waals surface area contributed by atoms with E-state index >= 15 is 0 Å². The molecule has 102 valence electrons. The van der Waals surface area contributed by atoms with Crippen LogP contribution >= 0.6 is 0 Å². The maximum absolute atomic E-state index is 13.4. The monoisotopic (exact) mass is 273 g/mol. The van der Waals surface area contributed by atoms with Crippen LogP contribution in [0.25, 0.3) is 6.08 Å². The highest BCUT2D eigenvalue weighted by atomic mass is 19.1. The Hall–Kier alpha value is -2.49. The summed E-state index contributed by atoms with van der Waals surface area (Å²) in [5.74, 6) is -1.62. The normalized spacial score (nSPS) is 10.9. The van der Waals surface area contributed by atoms with Crippen molar-refractivity contribution in [1.82, 2.24) is 0 Å². The maximum atomic E-state index is 13.4. The van der Waals surface area contributed by atoms with Gasteiger partial charge in [-0.15, -0.1) is 0 Å². The molecular weight excluding hydrogens is 260 g/mol. The molecule has 0 saturated heterocycles. The van der Waals surface area contributed by atoms with E-state index in [1.54, 1.807) is 30.3 Å². The first-order valence-corrected chi connectivity index (χ1v) is 6.05. The van der Waals surface area contributed by atoms with E-state index in [-0.39, 0.29) is 17.8 Å². The fourth-order valence-corrected chi connectivity index (χ4v) is 1.71. The molecule has 0 radical (unpaired) electrons. The molecule has 2 aromatic rings. The topological polar surface area (TPSA) is 43.1 Å². The van der Waals surface area contributed by atoms with Crippen molar-refractivity contribution in [2.24, 2.45) is 0 Å². The second kappa shape index (κ2) is 6.10. The van der Waals surface area contributed by atoms with Crippen LogP contribution in [0.2, 0.25) is 0 Å². The van der Waals surface area contributed by atoms with Gasteiger partial charge < -0.3 is 5.73 Å². The van der Waals surface area contributed by atoms with Gasteiger partial charge in [0.1, 0.15) is 11.6 Å². The highest BCUT2D eigenvalue weighted by molar-refractivity contribution is 5.95. The molecule has 0 aliphatic heterocycles. The number of carbonyl (C=O) groups is 1. The number of carbonyl (C=O) groups excluding carboxylic acids is 1. The fraction of sp³-hybridized carbons (Fsp3) is 0.0625. The molecule has 0 bridgehead atoms. The van der Waals surface area contributed by atoms with Gasteiger partial charge in [-0.3, -0.25) is 4.79 Å². The number of nitrogens with two attached hydrogens (primary N) is 1. The minimum absolute atomic E-state index is 0.0996. The Morgan fingerprint density at radius 1 is 1.10 bits per heavy atom. The minimum atomic E-state index is -0.709. The van der Waals surface area contributed by atoms with Gasteiger partial charge in [0.05, 0.1) is 0 Å². The number of ketones is 1. The summed E-state index contributed by atoms with van der Waals surface area (Å²) in [4.78, 5) is 11.7. The van der Waals surface area contributed by atoms with Gasteiger partial charge in [-0.05, 0) is 35.4 Å². The third-order valence-corrected chi connectivity index (χ3v) is 2.78. The van der Waals surface area contributed by atoms with Crippen LogP contribution in [0.15, 0.2) is 48.5 Å². The van der Waals surface area contributed by atoms with Crippen molar-refractivity contribution in [3.8, 4) is 0 Å². The molecule has 0 fully saturated rings. The summed E-state index contributed by atoms with van der Waals surface area (Å²) >= 11 is 0. The molecule has 2 rings (SSSR count). The molecule has 4 heteroatoms. The molecule has 0 amide bonds. The average Bonchev–Trinajstić information content (AvgIpc) is 2.41. The van der Waals surface area contributed by atoms with Crippen LogP contribution in [0, 0.1) is 11.6 Å². The molecule has 0 saturated carbocycles. The van der Waals surface area contributed by atoms with Crippen LogP contribution in [0.4, 0.5) is 14.5 Å². The molecule has 2 aromatic carbocycles. The van der Waals surface area contributed by atoms with Crippen molar-refractivity contribution >= 4 is 17.5 Å². The van der Waals surface area contributed by atoms with Crippen molar-refractivity contribution in [2.45, 2.75) is 6.42 Å². The third-order valence-electron chi connectivity index (χ3n) is 2.78. The van der Waals surface area contributed by atoms with E-state index in [0.29, 0.717) is 5.69 Å². The molecule has 0 atom stereocenters. The number of anilines is 1. The quantitative estimate of drug-likeness (QED) is 0.685. The standard InChI is InChI=1S/C16H13F2NO/c17-13-5-4-12(16(18)10-13)9-15(20)8-3-11-1-6-14(19)7-2-11/h1-8,10H,9,19H2/b8-3+. The predicted octanol–water partition coefficient (Wildman–Crippen LogP) is 3.37. The fourth-order valence-electron chi connectivity index (χ4n) is 1.71. The van der Waals surface area contributed by atoms with Crippen LogP contribution in [-0.4, -0.2) is 5.78 Å². The van der Waals surface area contributed by atoms with Gasteiger partial charge in [-0.1, -0.05) is 24.3 Å². The SMILES string of the molecule is Nc1ccc(/C=C/C(=O)Cc2ccc(F)cc2F)cc1. The molecule has 20 heavy (non-hydrogen) atoms. The third kappa shape index (κ3) is 3.75. The number of rotatable bonds is 4. The summed E-state index contributed by atoms with van der Waals surface area (Å²) in [5.41, 5.74) is 7.20. The molecule has 2 N–H and O–H groups in total. The summed E-state index contributed by atoms with van der Waals surface area (Å²) in [7, 11) is 0. The second-order valence-corrected chi connectivity index (χ2v) is 4.38. The van der Waals surface area contributed by atoms with E-state index in [9.17, 15) is 13.6 Å². The van der Waals surface area contributed by atoms with Crippen LogP contribution < -0.4 is 5.73 Å². The molecule has 0 unspecified atom stereocenters. The van der Waals surface area contributed by atoms with E-state index < -0.39 is 11.6 Å². The van der Waals surface area contributed by atoms with Gasteiger partial charge in [0.25, 0.3) is 0 Å². The molecular formula is C16H13F2NO. The predicted molar refractivity (Wildman–Crippen MR) is 75.0 cm³/mol. The van der Waals surface area contributed by atoms with Crippen molar-refractivity contribution < 1.29 is 13.6 Å². The van der Waals surface area contributed by atoms with Crippen LogP contribution in [0.1, 0.15) is 11.1 Å². The zero-order valence-electron chi connectivity index (χ0n) is 10.6. The van der Waals surface area contributed by atoms with Gasteiger partial charge in [0.15, 0.2) is 5.78 Å². The molecule has 2 nitrogen and oxygen atoms in total. The Bertz CT molecular complexity index is 648. The Kier molecular flexibility index (Phi) is 4.25. The zero-order chi connectivity index (χ0) is 14.5. The molecule has 0 spiro atoms. The van der Waals surface area contributed by atoms with Gasteiger partial charge in [-0.2, -0.15) is 0 Å². The average molecular weight is 273 g/mol. The Morgan fingerprint density at radius 2 is 1.80 bits per heavy atom. The number of halogens is 2. The number of benzene rings is 2. The summed E-state index contributed by atoms with van der Waals surface area (Å²) in [6, 6.07) is 10.2. The summed E-state index contributed by atoms with van der Waals surface area (Å²) in [6.45, 7) is 0. The van der Waals surface area contributed by atoms with Crippen molar-refractivity contribution in [3.63, 3.8) is 0 Å². The summed E-state index contributed by atoms with van der Waals surface area (Å²) in [5, 5.41) is 0. The van der Waals surface area contributed by atoms with Crippen LogP contribution in [-0.2, 0) is 11.2 Å². The highest BCUT2D eigenvalue weighted by Crippen LogP contribution is 2.12. The largest absolute Gasteiger partial charge is 0.399 e. The first-order valence-electron chi connectivity index (χ1n) is 6.05. The second-order valence-electron chi connectivity index (χ2n) is 4.38. The highest BCUT2D eigenvalue weighted by Gasteiger charge is 2.07. The zero-order valence-corrected chi connectivity index (χ0v) is 10.6. The van der Waals surface area contributed by atoms with Gasteiger partial charge in [-0.25, -0.2) is 8.78 Å². The van der Waals surface area contributed by atoms with Crippen LogP contribution in [0.5, 0.6) is 0 Å². The lowest BCUT2D eigenvalue weighted by molar-refractivity contribution is -0.114. The van der Waals surface area contributed by atoms with E-state index in [1.165, 1.54) is 12.1 Å². The maximum Gasteiger partial charge on any atom is 0.160 e. The molecule has 0 aliphatic rings. The van der Waals surface area contributed by atoms with E-state index in [1.807, 2.05) is 0 Å². The van der Waals surface area contributed by atoms with Crippen molar-refractivity contribution in [1.29, 1.82) is 0 Å². The van der Waals surface area contributed by atoms with E-state index in [2.05, 4.69) is 0 Å². The lowest BCUT2D eigenvalue weighted by Crippen LogP contribution is -2.01. The number of hydrogen-bond acceptors (Lipinski definition) is 2. The lowest BCUT2D eigenvalue weighted by atomic mass is 10.1. The lowest BCUT2D eigenvalue weighted by Gasteiger charge is -2.00. The van der Waals surface area contributed by atoms with Crippen molar-refractivity contribution in [3.05, 3.63) is 71.3 Å². The summed E-state index contributed by atoms with van der Waals surface area (Å²) < 4.78 is 26.1. The van der Waals surface area contributed by atoms with E-state index in [0.717, 1.165) is 17.7 Å². The van der Waals surface area contributed by atoms with E-state index in [4.69, 9.17) is 5.73 Å². The number of allylic oxidation sites excluding steroid dienone is 1. The smallest absolute Gasteiger partial charge is 0.160 e. The first-order chi connectivity index (χ1) is 9.54. The van der Waals surface area contributed by atoms with Gasteiger partial charge in [0, 0.05) is 18.2 Å². The Labute approximate surface area is 115 Å². The number of nitrogen functional groups attached to an aromatic ring is 1. The summed E-state index contributed by atoms with van der Waals surface area (Å²) in [6.07, 6.45) is 2.90. The molecule has 0 aromatic heterocycles. The number of hydrogen-bond donors (Lipinski definition) is 1. The Balaban J connectivity index is 2.03. The van der Waals surface area contributed by atoms with Crippen LogP contribution in [0.3, 0.4) is 0 Å². The minimum Gasteiger partial charge on any atom is -0.399 e. The Morgan fingerprint density at radius 3 is 2.45 bits per heavy atom. The van der Waals surface area contributed by atoms with Gasteiger partial charge in [0.2, 0.25) is 0 Å². The van der Waals surface area contributed by atoms with Crippen molar-refractivity contribution in [2.75, 3.05) is 5.73 Å². The molecule has 0 aliphatic carbocycles. The first kappa shape index (κ1) is 13.9.